The number of benzene rings is 1. The van der Waals surface area contributed by atoms with E-state index in [1.807, 2.05) is 13.8 Å². The number of anilines is 2. The zero-order chi connectivity index (χ0) is 65.8. The number of carbonyl (C=O) groups is 8. The van der Waals surface area contributed by atoms with E-state index < -0.39 is 96.2 Å². The molecule has 10 bridgehead atoms. The number of aliphatic hydroxyl groups is 1. The number of carbonyl (C=O) groups excluding carboxylic acids is 6. The van der Waals surface area contributed by atoms with Crippen molar-refractivity contribution in [3.8, 4) is 43.4 Å². The van der Waals surface area contributed by atoms with Crippen molar-refractivity contribution in [3.05, 3.63) is 123 Å². The largest absolute Gasteiger partial charge is 0.481 e. The van der Waals surface area contributed by atoms with Crippen LogP contribution in [0, 0.1) is 18.8 Å². The number of aryl methyl sites for hydroxylation is 1. The fourth-order valence-electron chi connectivity index (χ4n) is 10.2. The van der Waals surface area contributed by atoms with Crippen molar-refractivity contribution < 1.29 is 63.1 Å². The molecule has 0 spiro atoms. The number of ether oxygens (including phenoxy) is 2. The average molecular weight is 1380 g/mol. The van der Waals surface area contributed by atoms with Crippen LogP contribution in [0.3, 0.4) is 0 Å². The third-order valence-corrected chi connectivity index (χ3v) is 20.7. The number of aromatic nitrogens is 9. The molecule has 1 aromatic carbocycles. The van der Waals surface area contributed by atoms with Gasteiger partial charge in [-0.3, -0.25) is 28.8 Å². The number of rotatable bonds is 13. The monoisotopic (exact) mass is 1380 g/mol. The van der Waals surface area contributed by atoms with E-state index in [-0.39, 0.29) is 94.7 Å². The van der Waals surface area contributed by atoms with Crippen LogP contribution in [0.1, 0.15) is 143 Å². The number of aromatic amines is 1. The van der Waals surface area contributed by atoms with Crippen LogP contribution in [0.25, 0.3) is 43.4 Å². The number of carboxylic acids is 2. The molecular formula is C59H57N15O13S6. The maximum Gasteiger partial charge on any atom is 0.421 e. The van der Waals surface area contributed by atoms with Gasteiger partial charge in [-0.05, 0) is 56.2 Å². The van der Waals surface area contributed by atoms with Crippen LogP contribution in [-0.2, 0) is 30.5 Å². The van der Waals surface area contributed by atoms with Crippen LogP contribution in [-0.4, -0.2) is 135 Å². The SMILES string of the molecule is CNC(=O)C[C@@H]1NC(=O)c2csc(n2)-c2ccc(-c3nc(N(C(=O)O[C@H]4CC[C@H](C(=O)O)CC4)c4cnc(C(=O)O)[nH]4)cs3)nc2-c2csc(n2)-c2csc(n2)[C@H]([C@@H](O)c2ccccc2)NC(=O)CNC(=O)c2nc(sc2COC)C(C(C)C)NC(=O)c2nc1sc2C. The molecule has 482 valence electrons. The molecule has 1 fully saturated rings. The molecule has 28 nitrogen and oxygen atoms in total. The van der Waals surface area contributed by atoms with Gasteiger partial charge in [-0.25, -0.2) is 54.4 Å². The molecule has 34 heteroatoms. The number of hydrogen-bond acceptors (Lipinski definition) is 25. The fourth-order valence-corrected chi connectivity index (χ4v) is 15.7. The number of nitrogens with zero attached hydrogens (tertiary/aromatic N) is 9. The van der Waals surface area contributed by atoms with Gasteiger partial charge in [0.05, 0.1) is 54.3 Å². The minimum absolute atomic E-state index is 0.0106. The smallest absolute Gasteiger partial charge is 0.421 e. The maximum atomic E-state index is 14.4. The third kappa shape index (κ3) is 14.6. The van der Waals surface area contributed by atoms with Crippen molar-refractivity contribution in [3.63, 3.8) is 0 Å². The molecule has 1 unspecified atom stereocenters. The molecule has 4 atom stereocenters. The number of amides is 6. The number of H-pyrrole nitrogens is 1. The summed E-state index contributed by atoms with van der Waals surface area (Å²) < 4.78 is 11.3. The van der Waals surface area contributed by atoms with Crippen molar-refractivity contribution in [1.82, 2.24) is 71.4 Å². The molecule has 11 rings (SSSR count). The van der Waals surface area contributed by atoms with E-state index in [2.05, 4.69) is 41.5 Å². The zero-order valence-electron chi connectivity index (χ0n) is 49.8. The first-order chi connectivity index (χ1) is 44.7. The number of carboxylic acid groups (broad SMARTS) is 2. The van der Waals surface area contributed by atoms with Crippen molar-refractivity contribution in [2.45, 2.75) is 89.8 Å². The molecular weight excluding hydrogens is 1320 g/mol. The normalized spacial score (nSPS) is 18.3. The quantitative estimate of drug-likeness (QED) is 0.0521. The van der Waals surface area contributed by atoms with Gasteiger partial charge in [0.2, 0.25) is 17.6 Å². The Morgan fingerprint density at radius 3 is 2.14 bits per heavy atom. The number of fused-ring (bicyclic) bond motifs is 14. The maximum absolute atomic E-state index is 14.4. The zero-order valence-corrected chi connectivity index (χ0v) is 54.7. The highest BCUT2D eigenvalue weighted by molar-refractivity contribution is 7.15. The van der Waals surface area contributed by atoms with E-state index in [1.54, 1.807) is 60.1 Å². The van der Waals surface area contributed by atoms with E-state index in [9.17, 15) is 53.7 Å². The summed E-state index contributed by atoms with van der Waals surface area (Å²) in [5.74, 6) is -6.76. The molecule has 93 heavy (non-hydrogen) atoms. The predicted molar refractivity (Wildman–Crippen MR) is 344 cm³/mol. The summed E-state index contributed by atoms with van der Waals surface area (Å²) in [6, 6.07) is 9.10. The average Bonchev–Trinajstić information content (AvgIpc) is 1.71. The van der Waals surface area contributed by atoms with Crippen LogP contribution < -0.4 is 31.5 Å². The molecule has 1 aliphatic carbocycles. The van der Waals surface area contributed by atoms with E-state index in [1.165, 1.54) is 36.3 Å². The van der Waals surface area contributed by atoms with Crippen LogP contribution in [0.5, 0.6) is 0 Å². The molecule has 6 amide bonds. The summed E-state index contributed by atoms with van der Waals surface area (Å²) in [5.41, 5.74) is 2.09. The highest BCUT2D eigenvalue weighted by atomic mass is 32.1. The summed E-state index contributed by atoms with van der Waals surface area (Å²) in [6.07, 6.45) is -0.860. The van der Waals surface area contributed by atoms with Gasteiger partial charge in [-0.2, -0.15) is 0 Å². The van der Waals surface area contributed by atoms with E-state index in [0.29, 0.717) is 52.3 Å². The topological polar surface area (TPSA) is 398 Å². The summed E-state index contributed by atoms with van der Waals surface area (Å²) in [7, 11) is 2.91. The van der Waals surface area contributed by atoms with Gasteiger partial charge in [0.25, 0.3) is 17.7 Å². The number of thiazole rings is 6. The Hall–Kier alpha value is -9.16. The number of imidazole rings is 1. The lowest BCUT2D eigenvalue weighted by Gasteiger charge is -2.28. The predicted octanol–water partition coefficient (Wildman–Crippen LogP) is 8.65. The van der Waals surface area contributed by atoms with Crippen molar-refractivity contribution in [1.29, 1.82) is 0 Å². The summed E-state index contributed by atoms with van der Waals surface area (Å²) in [6.45, 7) is 4.85. The number of nitrogens with one attached hydrogen (secondary N) is 6. The Morgan fingerprint density at radius 1 is 0.710 bits per heavy atom. The first-order valence-corrected chi connectivity index (χ1v) is 33.8. The summed E-state index contributed by atoms with van der Waals surface area (Å²) in [4.78, 5) is 150. The minimum Gasteiger partial charge on any atom is -0.481 e. The summed E-state index contributed by atoms with van der Waals surface area (Å²) >= 11 is 6.83. The number of aromatic carboxylic acids is 1. The molecule has 0 radical (unpaired) electrons. The second-order valence-electron chi connectivity index (χ2n) is 21.6. The number of aliphatic hydroxyl groups excluding tert-OH is 1. The Morgan fingerprint density at radius 2 is 1.42 bits per heavy atom. The lowest BCUT2D eigenvalue weighted by molar-refractivity contribution is -0.143. The number of hydrogen-bond donors (Lipinski definition) is 9. The number of aliphatic carboxylic acids is 1. The first kappa shape index (κ1) is 65.3. The second-order valence-corrected chi connectivity index (χ2v) is 27.4. The molecule has 9 aromatic rings. The van der Waals surface area contributed by atoms with Gasteiger partial charge < -0.3 is 56.4 Å². The molecule has 2 aliphatic rings. The van der Waals surface area contributed by atoms with Gasteiger partial charge in [0.15, 0.2) is 5.82 Å². The van der Waals surface area contributed by atoms with Gasteiger partial charge in [-0.15, -0.1) is 68.0 Å². The van der Waals surface area contributed by atoms with Gasteiger partial charge in [0, 0.05) is 46.1 Å². The Bertz CT molecular complexity index is 4300. The molecule has 0 saturated heterocycles. The van der Waals surface area contributed by atoms with Crippen LogP contribution in [0.4, 0.5) is 16.4 Å². The first-order valence-electron chi connectivity index (χ1n) is 28.7. The molecule has 1 aliphatic heterocycles. The van der Waals surface area contributed by atoms with Gasteiger partial charge in [0.1, 0.15) is 88.3 Å². The van der Waals surface area contributed by atoms with Crippen LogP contribution >= 0.6 is 68.0 Å². The molecule has 8 aromatic heterocycles. The Balaban J connectivity index is 0.985. The van der Waals surface area contributed by atoms with Crippen LogP contribution in [0.15, 0.2) is 70.2 Å². The van der Waals surface area contributed by atoms with E-state index >= 15 is 0 Å². The highest BCUT2D eigenvalue weighted by Gasteiger charge is 2.35. The Kier molecular flexibility index (Phi) is 19.9. The van der Waals surface area contributed by atoms with Crippen LogP contribution in [0.2, 0.25) is 0 Å². The molecule has 1 saturated carbocycles. The Labute approximate surface area is 552 Å². The van der Waals surface area contributed by atoms with E-state index in [0.717, 1.165) is 67.8 Å². The lowest BCUT2D eigenvalue weighted by Crippen LogP contribution is -2.40. The molecule has 9 N–H and O–H groups in total. The van der Waals surface area contributed by atoms with Crippen molar-refractivity contribution >= 4 is 127 Å². The second kappa shape index (κ2) is 28.4. The van der Waals surface area contributed by atoms with Gasteiger partial charge >= 0.3 is 18.0 Å². The third-order valence-electron chi connectivity index (χ3n) is 14.9. The standard InChI is InChI=1S/C59H57N15O13S6/c1-25(2)41-56-73-44(36(93-56)20-86-5)49(79)62-19-40(76)70-45(46(77)27-9-7-6-8-10-27)55-67-35(23-90-55)53-65-33(21-89-53)43-30(51-66-34(22-88-51)48(78)64-32(17-39(75)60-4)54-72-42(26(3)92-54)50(80)71-41)15-16-31(63-43)52-69-38(24-91-52)74(37-18-61-47(68-37)58(83)84)59(85)87-29-13-11-28(12-14-29)57(81)82/h6-10,15-16,18,21-25,28-29,32,41,45-46,77H,11-14,17,19-20H2,1-5H3,(H,60,75)(H,61,68)(H,62,79)(H,64,78)(H,70,76)(H,71,80)(H,81,82)(H,83,84)/t28-,29-,32-,41?,45-,46-/m0/s1. The number of methoxy groups -OCH3 is 1. The van der Waals surface area contributed by atoms with Crippen molar-refractivity contribution in [2.75, 3.05) is 25.6 Å². The number of pyridine rings is 1. The minimum atomic E-state index is -1.39. The molecule has 9 heterocycles. The fraction of sp³-hybridized carbons (Fsp3) is 0.322. The summed E-state index contributed by atoms with van der Waals surface area (Å²) in [5, 5.41) is 53.8. The van der Waals surface area contributed by atoms with Crippen molar-refractivity contribution in [2.24, 2.45) is 11.8 Å². The van der Waals surface area contributed by atoms with Gasteiger partial charge in [-0.1, -0.05) is 44.2 Å². The lowest BCUT2D eigenvalue weighted by atomic mass is 9.87. The van der Waals surface area contributed by atoms with E-state index in [4.69, 9.17) is 39.4 Å². The highest BCUT2D eigenvalue weighted by Crippen LogP contribution is 2.41.